The van der Waals surface area contributed by atoms with Gasteiger partial charge in [-0.25, -0.2) is 0 Å². The molecule has 2 saturated heterocycles. The summed E-state index contributed by atoms with van der Waals surface area (Å²) in [4.78, 5) is 0. The van der Waals surface area contributed by atoms with Crippen molar-refractivity contribution in [1.82, 2.24) is 14.8 Å². The van der Waals surface area contributed by atoms with E-state index < -0.39 is 48.4 Å². The molecule has 1 N–H and O–H groups in total. The number of aliphatic hydroxyl groups excluding tert-OH is 1. The zero-order valence-corrected chi connectivity index (χ0v) is 19.6. The van der Waals surface area contributed by atoms with Crippen LogP contribution in [0.15, 0.2) is 48.5 Å². The second-order valence-corrected chi connectivity index (χ2v) is 9.16. The van der Waals surface area contributed by atoms with E-state index in [1.165, 1.54) is 23.6 Å². The van der Waals surface area contributed by atoms with Crippen molar-refractivity contribution in [2.75, 3.05) is 6.61 Å². The van der Waals surface area contributed by atoms with Crippen LogP contribution in [0, 0.1) is 12.8 Å². The summed E-state index contributed by atoms with van der Waals surface area (Å²) in [7, 11) is 0. The Morgan fingerprint density at radius 2 is 1.83 bits per heavy atom. The van der Waals surface area contributed by atoms with Crippen LogP contribution in [0.25, 0.3) is 5.69 Å². The molecule has 5 rings (SSSR count). The molecule has 0 bridgehead atoms. The van der Waals surface area contributed by atoms with Gasteiger partial charge in [-0.2, -0.15) is 13.2 Å². The molecule has 35 heavy (non-hydrogen) atoms. The second-order valence-electron chi connectivity index (χ2n) is 8.72. The third kappa shape index (κ3) is 4.45. The molecule has 4 unspecified atom stereocenters. The van der Waals surface area contributed by atoms with Crippen LogP contribution in [0.2, 0.25) is 5.02 Å². The van der Waals surface area contributed by atoms with Crippen LogP contribution >= 0.6 is 11.6 Å². The van der Waals surface area contributed by atoms with Gasteiger partial charge < -0.3 is 19.3 Å². The number of hydrogen-bond acceptors (Lipinski definition) is 6. The molecule has 2 fully saturated rings. The molecule has 2 aliphatic rings. The maximum absolute atomic E-state index is 13.8. The molecule has 11 heteroatoms. The number of rotatable bonds is 3. The van der Waals surface area contributed by atoms with Crippen LogP contribution in [0.4, 0.5) is 13.2 Å². The summed E-state index contributed by atoms with van der Waals surface area (Å²) in [5.74, 6) is -0.197. The molecule has 1 aromatic heterocycles. The molecule has 0 radical (unpaired) electrons. The predicted molar refractivity (Wildman–Crippen MR) is 119 cm³/mol. The number of benzene rings is 2. The van der Waals surface area contributed by atoms with Crippen LogP contribution < -0.4 is 0 Å². The van der Waals surface area contributed by atoms with E-state index in [9.17, 15) is 18.3 Å². The largest absolute Gasteiger partial charge is 0.418 e. The zero-order chi connectivity index (χ0) is 24.9. The Balaban J connectivity index is 1.48. The first-order chi connectivity index (χ1) is 16.6. The van der Waals surface area contributed by atoms with Gasteiger partial charge in [-0.05, 0) is 25.1 Å². The van der Waals surface area contributed by atoms with Crippen molar-refractivity contribution >= 4 is 11.6 Å². The smallest absolute Gasteiger partial charge is 0.390 e. The topological polar surface area (TPSA) is 78.6 Å². The van der Waals surface area contributed by atoms with E-state index in [4.69, 9.17) is 25.8 Å². The van der Waals surface area contributed by atoms with E-state index in [0.29, 0.717) is 0 Å². The fraction of sp³-hybridized carbons (Fsp3) is 0.417. The average molecular weight is 510 g/mol. The van der Waals surface area contributed by atoms with Gasteiger partial charge in [-0.15, -0.1) is 10.2 Å². The predicted octanol–water partition coefficient (Wildman–Crippen LogP) is 4.80. The Morgan fingerprint density at radius 3 is 2.54 bits per heavy atom. The Bertz CT molecular complexity index is 1200. The lowest BCUT2D eigenvalue weighted by Gasteiger charge is -2.47. The Hall–Kier alpha value is -2.50. The highest BCUT2D eigenvalue weighted by atomic mass is 35.5. The summed E-state index contributed by atoms with van der Waals surface area (Å²) in [5.41, 5.74) is -0.309. The van der Waals surface area contributed by atoms with Crippen molar-refractivity contribution in [2.45, 2.75) is 50.7 Å². The van der Waals surface area contributed by atoms with Gasteiger partial charge in [0.25, 0.3) is 0 Å². The number of alkyl halides is 3. The van der Waals surface area contributed by atoms with Crippen LogP contribution in [0.1, 0.15) is 42.1 Å². The number of fused-ring (bicyclic) bond motifs is 1. The normalized spacial score (nSPS) is 29.1. The minimum absolute atomic E-state index is 0.0400. The van der Waals surface area contributed by atoms with Crippen molar-refractivity contribution in [3.05, 3.63) is 76.3 Å². The van der Waals surface area contributed by atoms with Crippen molar-refractivity contribution in [3.63, 3.8) is 0 Å². The maximum Gasteiger partial charge on any atom is 0.418 e. The molecule has 3 aromatic rings. The highest BCUT2D eigenvalue weighted by molar-refractivity contribution is 6.30. The molecule has 3 heterocycles. The quantitative estimate of drug-likeness (QED) is 0.546. The van der Waals surface area contributed by atoms with Crippen LogP contribution in [-0.2, 0) is 20.4 Å². The molecular weight excluding hydrogens is 487 g/mol. The highest BCUT2D eigenvalue weighted by Crippen LogP contribution is 2.43. The standard InChI is InChI=1S/C24H23ClF3N3O4/c1-12-19(32)21(34-18-11-33-23(35-20(12)18)14-6-4-3-5-7-14)22-30-29-13(2)31(22)17-10-15(25)8-9-16(17)24(26,27)28/h3-10,12,18-21,23,32H,11H2,1-2H3/t12?,18?,19?,20-,21-,23?/m1/s1. The molecule has 0 aliphatic carbocycles. The van der Waals surface area contributed by atoms with Gasteiger partial charge >= 0.3 is 6.18 Å². The molecular formula is C24H23ClF3N3O4. The average Bonchev–Trinajstić information content (AvgIpc) is 3.21. The molecule has 0 spiro atoms. The van der Waals surface area contributed by atoms with Gasteiger partial charge in [0.15, 0.2) is 12.1 Å². The number of aromatic nitrogens is 3. The van der Waals surface area contributed by atoms with E-state index in [1.54, 1.807) is 6.92 Å². The monoisotopic (exact) mass is 509 g/mol. The number of ether oxygens (including phenoxy) is 3. The summed E-state index contributed by atoms with van der Waals surface area (Å²) in [6.45, 7) is 3.51. The molecule has 0 saturated carbocycles. The van der Waals surface area contributed by atoms with Crippen molar-refractivity contribution < 1.29 is 32.5 Å². The number of hydrogen-bond donors (Lipinski definition) is 1. The fourth-order valence-electron chi connectivity index (χ4n) is 4.65. The van der Waals surface area contributed by atoms with E-state index >= 15 is 0 Å². The van der Waals surface area contributed by atoms with Gasteiger partial charge in [0.2, 0.25) is 0 Å². The van der Waals surface area contributed by atoms with Crippen molar-refractivity contribution in [3.8, 4) is 5.69 Å². The first-order valence-corrected chi connectivity index (χ1v) is 11.5. The van der Waals surface area contributed by atoms with Gasteiger partial charge in [0.1, 0.15) is 18.0 Å². The van der Waals surface area contributed by atoms with Gasteiger partial charge in [0, 0.05) is 16.5 Å². The third-order valence-corrected chi connectivity index (χ3v) is 6.66. The van der Waals surface area contributed by atoms with Crippen LogP contribution in [0.5, 0.6) is 0 Å². The first-order valence-electron chi connectivity index (χ1n) is 11.1. The minimum atomic E-state index is -4.64. The van der Waals surface area contributed by atoms with Crippen molar-refractivity contribution in [1.29, 1.82) is 0 Å². The Kier molecular flexibility index (Phi) is 6.35. The van der Waals surface area contributed by atoms with Crippen LogP contribution in [0.3, 0.4) is 0 Å². The third-order valence-electron chi connectivity index (χ3n) is 6.43. The van der Waals surface area contributed by atoms with E-state index in [0.717, 1.165) is 11.6 Å². The van der Waals surface area contributed by atoms with Gasteiger partial charge in [0.05, 0.1) is 30.1 Å². The second kappa shape index (κ2) is 9.18. The summed E-state index contributed by atoms with van der Waals surface area (Å²) < 4.78 is 60.8. The number of aliphatic hydroxyl groups is 1. The highest BCUT2D eigenvalue weighted by Gasteiger charge is 2.49. The maximum atomic E-state index is 13.8. The minimum Gasteiger partial charge on any atom is -0.390 e. The summed E-state index contributed by atoms with van der Waals surface area (Å²) >= 11 is 6.05. The van der Waals surface area contributed by atoms with Gasteiger partial charge in [-0.1, -0.05) is 48.9 Å². The van der Waals surface area contributed by atoms with Gasteiger partial charge in [-0.3, -0.25) is 4.57 Å². The number of halogens is 4. The SMILES string of the molecule is Cc1nnc([C@@H]2OC3COC(c4ccccc4)O[C@@H]3C(C)C2O)n1-c1cc(Cl)ccc1C(F)(F)F. The lowest BCUT2D eigenvalue weighted by molar-refractivity contribution is -0.319. The lowest BCUT2D eigenvalue weighted by atomic mass is 9.86. The van der Waals surface area contributed by atoms with E-state index in [-0.39, 0.29) is 29.0 Å². The van der Waals surface area contributed by atoms with E-state index in [1.807, 2.05) is 30.3 Å². The summed E-state index contributed by atoms with van der Waals surface area (Å²) in [6, 6.07) is 12.7. The molecule has 0 amide bonds. The Labute approximate surface area is 204 Å². The zero-order valence-electron chi connectivity index (χ0n) is 18.8. The fourth-order valence-corrected chi connectivity index (χ4v) is 4.82. The molecule has 6 atom stereocenters. The Morgan fingerprint density at radius 1 is 1.09 bits per heavy atom. The van der Waals surface area contributed by atoms with E-state index in [2.05, 4.69) is 10.2 Å². The summed E-state index contributed by atoms with van der Waals surface area (Å²) in [6.07, 6.45) is -8.50. The van der Waals surface area contributed by atoms with Crippen LogP contribution in [-0.4, -0.2) is 44.8 Å². The lowest BCUT2D eigenvalue weighted by Crippen LogP contribution is -2.55. The molecule has 7 nitrogen and oxygen atoms in total. The molecule has 186 valence electrons. The number of nitrogens with zero attached hydrogens (tertiary/aromatic N) is 3. The molecule has 2 aliphatic heterocycles. The first kappa shape index (κ1) is 24.2. The number of aryl methyl sites for hydroxylation is 1. The molecule has 2 aromatic carbocycles. The summed E-state index contributed by atoms with van der Waals surface area (Å²) in [5, 5.41) is 19.4. The van der Waals surface area contributed by atoms with Crippen molar-refractivity contribution in [2.24, 2.45) is 5.92 Å².